The molecule has 0 bridgehead atoms. The number of nitrogens with zero attached hydrogens (tertiary/aromatic N) is 1. The summed E-state index contributed by atoms with van der Waals surface area (Å²) in [7, 11) is 0. The number of hydroxylamine groups is 2. The van der Waals surface area contributed by atoms with Crippen LogP contribution >= 0.6 is 11.3 Å². The summed E-state index contributed by atoms with van der Waals surface area (Å²) in [5, 5.41) is 22.3. The third-order valence-electron chi connectivity index (χ3n) is 4.59. The zero-order valence-electron chi connectivity index (χ0n) is 15.5. The van der Waals surface area contributed by atoms with E-state index in [1.807, 2.05) is 35.7 Å². The maximum absolute atomic E-state index is 10.6. The summed E-state index contributed by atoms with van der Waals surface area (Å²) in [5.74, 6) is 0.733. The van der Waals surface area contributed by atoms with Gasteiger partial charge in [-0.15, -0.1) is 16.4 Å². The van der Waals surface area contributed by atoms with Crippen molar-refractivity contribution in [2.45, 2.75) is 31.5 Å². The standard InChI is InChI=1S/C20H25NO6S/c22-19-13-21(27-20(23)24)9-8-18(19)15-4-6-16(7-5-15)26-11-2-10-25-14-17-3-1-12-28-17/h1,3-7,12,18-19,22H,2,8-11,13-14H2,(H,23,24). The molecule has 8 heteroatoms. The normalized spacial score (nSPS) is 20.0. The molecule has 152 valence electrons. The minimum absolute atomic E-state index is 0.0478. The van der Waals surface area contributed by atoms with E-state index in [2.05, 4.69) is 10.9 Å². The average molecular weight is 407 g/mol. The molecule has 2 atom stereocenters. The van der Waals surface area contributed by atoms with E-state index in [1.165, 1.54) is 9.94 Å². The van der Waals surface area contributed by atoms with Crippen LogP contribution < -0.4 is 4.74 Å². The molecule has 0 aliphatic carbocycles. The van der Waals surface area contributed by atoms with Gasteiger partial charge in [0.15, 0.2) is 0 Å². The molecule has 0 radical (unpaired) electrons. The third-order valence-corrected chi connectivity index (χ3v) is 5.44. The zero-order valence-corrected chi connectivity index (χ0v) is 16.3. The molecule has 1 aliphatic rings. The van der Waals surface area contributed by atoms with E-state index in [0.29, 0.717) is 32.8 Å². The molecule has 2 heterocycles. The summed E-state index contributed by atoms with van der Waals surface area (Å²) in [6.45, 7) is 2.50. The quantitative estimate of drug-likeness (QED) is 0.615. The predicted molar refractivity (Wildman–Crippen MR) is 105 cm³/mol. The van der Waals surface area contributed by atoms with E-state index < -0.39 is 12.3 Å². The number of aliphatic hydroxyl groups is 1. The topological polar surface area (TPSA) is 88.5 Å². The van der Waals surface area contributed by atoms with Gasteiger partial charge in [0.25, 0.3) is 0 Å². The zero-order chi connectivity index (χ0) is 19.8. The molecule has 2 N–H and O–H groups in total. The van der Waals surface area contributed by atoms with Crippen molar-refractivity contribution in [1.82, 2.24) is 5.06 Å². The van der Waals surface area contributed by atoms with E-state index in [1.54, 1.807) is 11.3 Å². The fourth-order valence-electron chi connectivity index (χ4n) is 3.21. The first-order valence-electron chi connectivity index (χ1n) is 9.28. The number of thiophene rings is 1. The van der Waals surface area contributed by atoms with Gasteiger partial charge in [0, 0.05) is 23.8 Å². The number of benzene rings is 1. The molecule has 0 amide bonds. The summed E-state index contributed by atoms with van der Waals surface area (Å²) < 4.78 is 11.4. The molecule has 0 saturated carbocycles. The smallest absolute Gasteiger partial charge is 0.494 e. The first-order chi connectivity index (χ1) is 13.6. The van der Waals surface area contributed by atoms with Crippen LogP contribution in [0.25, 0.3) is 0 Å². The van der Waals surface area contributed by atoms with Crippen LogP contribution in [0.5, 0.6) is 5.75 Å². The monoisotopic (exact) mass is 407 g/mol. The van der Waals surface area contributed by atoms with E-state index in [9.17, 15) is 9.90 Å². The lowest BCUT2D eigenvalue weighted by Crippen LogP contribution is -2.43. The molecule has 3 rings (SSSR count). The average Bonchev–Trinajstić information content (AvgIpc) is 3.18. The largest absolute Gasteiger partial charge is 0.525 e. The van der Waals surface area contributed by atoms with E-state index in [-0.39, 0.29) is 12.5 Å². The van der Waals surface area contributed by atoms with Gasteiger partial charge in [0.1, 0.15) is 5.75 Å². The van der Waals surface area contributed by atoms with Gasteiger partial charge in [-0.3, -0.25) is 0 Å². The number of piperidine rings is 1. The minimum Gasteiger partial charge on any atom is -0.494 e. The van der Waals surface area contributed by atoms with Crippen molar-refractivity contribution in [2.75, 3.05) is 26.3 Å². The van der Waals surface area contributed by atoms with Gasteiger partial charge in [-0.25, -0.2) is 4.79 Å². The molecule has 0 spiro atoms. The molecular formula is C20H25NO6S. The van der Waals surface area contributed by atoms with Crippen LogP contribution in [-0.2, 0) is 16.2 Å². The van der Waals surface area contributed by atoms with Crippen molar-refractivity contribution in [2.24, 2.45) is 0 Å². The first kappa shape index (κ1) is 20.6. The molecular weight excluding hydrogens is 382 g/mol. The lowest BCUT2D eigenvalue weighted by atomic mass is 9.88. The number of rotatable bonds is 9. The Morgan fingerprint density at radius 1 is 1.21 bits per heavy atom. The minimum atomic E-state index is -1.36. The second-order valence-electron chi connectivity index (χ2n) is 6.61. The van der Waals surface area contributed by atoms with Crippen molar-refractivity contribution in [3.63, 3.8) is 0 Å². The summed E-state index contributed by atoms with van der Waals surface area (Å²) >= 11 is 1.69. The highest BCUT2D eigenvalue weighted by Gasteiger charge is 2.30. The Bertz CT molecular complexity index is 721. The van der Waals surface area contributed by atoms with Crippen LogP contribution in [-0.4, -0.2) is 53.8 Å². The van der Waals surface area contributed by atoms with Crippen LogP contribution in [0, 0.1) is 0 Å². The fraction of sp³-hybridized carbons (Fsp3) is 0.450. The summed E-state index contributed by atoms with van der Waals surface area (Å²) in [6, 6.07) is 11.8. The molecule has 1 aromatic heterocycles. The molecule has 1 saturated heterocycles. The van der Waals surface area contributed by atoms with Crippen LogP contribution in [0.1, 0.15) is 29.2 Å². The lowest BCUT2D eigenvalue weighted by Gasteiger charge is -2.34. The van der Waals surface area contributed by atoms with Crippen LogP contribution in [0.2, 0.25) is 0 Å². The van der Waals surface area contributed by atoms with Gasteiger partial charge in [0.2, 0.25) is 0 Å². The predicted octanol–water partition coefficient (Wildman–Crippen LogP) is 3.49. The Labute approximate surface area is 168 Å². The highest BCUT2D eigenvalue weighted by Crippen LogP contribution is 2.29. The summed E-state index contributed by atoms with van der Waals surface area (Å²) in [4.78, 5) is 16.4. The second-order valence-corrected chi connectivity index (χ2v) is 7.64. The SMILES string of the molecule is O=C(O)ON1CCC(c2ccc(OCCCOCc3cccs3)cc2)C(O)C1. The molecule has 2 unspecified atom stereocenters. The van der Waals surface area contributed by atoms with Gasteiger partial charge in [0.05, 0.1) is 32.5 Å². The molecule has 1 aliphatic heterocycles. The van der Waals surface area contributed by atoms with Gasteiger partial charge in [-0.2, -0.15) is 0 Å². The van der Waals surface area contributed by atoms with Gasteiger partial charge >= 0.3 is 6.16 Å². The number of β-amino-alcohol motifs (C(OH)–C–C–N with tert-alkyl or cyclic N) is 1. The molecule has 2 aromatic rings. The first-order valence-corrected chi connectivity index (χ1v) is 10.2. The van der Waals surface area contributed by atoms with Gasteiger partial charge in [-0.1, -0.05) is 18.2 Å². The maximum Gasteiger partial charge on any atom is 0.525 e. The van der Waals surface area contributed by atoms with Crippen LogP contribution in [0.4, 0.5) is 4.79 Å². The van der Waals surface area contributed by atoms with E-state index in [4.69, 9.17) is 14.6 Å². The van der Waals surface area contributed by atoms with Gasteiger partial charge in [-0.05, 0) is 35.6 Å². The highest BCUT2D eigenvalue weighted by atomic mass is 32.1. The fourth-order valence-corrected chi connectivity index (χ4v) is 3.85. The van der Waals surface area contributed by atoms with E-state index >= 15 is 0 Å². The van der Waals surface area contributed by atoms with Crippen molar-refractivity contribution >= 4 is 17.5 Å². The van der Waals surface area contributed by atoms with Crippen molar-refractivity contribution < 1.29 is 29.3 Å². The Morgan fingerprint density at radius 3 is 2.71 bits per heavy atom. The number of ether oxygens (including phenoxy) is 2. The number of aliphatic hydroxyl groups excluding tert-OH is 1. The summed E-state index contributed by atoms with van der Waals surface area (Å²) in [6.07, 6.45) is -0.603. The molecule has 1 aromatic carbocycles. The Balaban J connectivity index is 1.37. The number of hydrogen-bond donors (Lipinski definition) is 2. The molecule has 1 fully saturated rings. The van der Waals surface area contributed by atoms with Crippen molar-refractivity contribution in [1.29, 1.82) is 0 Å². The molecule has 28 heavy (non-hydrogen) atoms. The van der Waals surface area contributed by atoms with Gasteiger partial charge < -0.3 is 24.5 Å². The highest BCUT2D eigenvalue weighted by molar-refractivity contribution is 7.09. The van der Waals surface area contributed by atoms with Crippen molar-refractivity contribution in [3.8, 4) is 5.75 Å². The molecule has 7 nitrogen and oxygen atoms in total. The maximum atomic E-state index is 10.6. The summed E-state index contributed by atoms with van der Waals surface area (Å²) in [5.41, 5.74) is 1.01. The van der Waals surface area contributed by atoms with Crippen molar-refractivity contribution in [3.05, 3.63) is 52.2 Å². The lowest BCUT2D eigenvalue weighted by molar-refractivity contribution is -0.154. The number of carbonyl (C=O) groups is 1. The Morgan fingerprint density at radius 2 is 2.04 bits per heavy atom. The third kappa shape index (κ3) is 6.20. The number of hydrogen-bond acceptors (Lipinski definition) is 7. The van der Waals surface area contributed by atoms with Crippen LogP contribution in [0.3, 0.4) is 0 Å². The Kier molecular flexibility index (Phi) is 7.67. The Hall–Kier alpha value is -2.13. The number of carboxylic acid groups (broad SMARTS) is 1. The second kappa shape index (κ2) is 10.4. The van der Waals surface area contributed by atoms with E-state index in [0.717, 1.165) is 17.7 Å². The van der Waals surface area contributed by atoms with Crippen LogP contribution in [0.15, 0.2) is 41.8 Å².